The van der Waals surface area contributed by atoms with Gasteiger partial charge in [-0.1, -0.05) is 0 Å². The van der Waals surface area contributed by atoms with Gasteiger partial charge in [0.1, 0.15) is 24.0 Å². The number of nitrogens with zero attached hydrogens (tertiary/aromatic N) is 2. The number of halogens is 1. The molecule has 1 aromatic carbocycles. The molecule has 278 valence electrons. The molecule has 3 aliphatic carbocycles. The second kappa shape index (κ2) is 14.0. The van der Waals surface area contributed by atoms with E-state index in [4.69, 9.17) is 14.2 Å². The molecule has 1 saturated heterocycles. The highest BCUT2D eigenvalue weighted by Crippen LogP contribution is 2.48. The fourth-order valence-corrected chi connectivity index (χ4v) is 9.56. The molecule has 51 heavy (non-hydrogen) atoms. The van der Waals surface area contributed by atoms with Crippen molar-refractivity contribution in [1.82, 2.24) is 14.8 Å². The number of anilines is 1. The lowest BCUT2D eigenvalue weighted by atomic mass is 9.75. The number of carbonyl (C=O) groups is 4. The van der Waals surface area contributed by atoms with E-state index < -0.39 is 36.2 Å². The van der Waals surface area contributed by atoms with Crippen LogP contribution in [-0.2, 0) is 29.5 Å². The number of hydrogen-bond donors (Lipinski definition) is 2. The van der Waals surface area contributed by atoms with Crippen molar-refractivity contribution in [1.29, 1.82) is 0 Å². The zero-order valence-corrected chi connectivity index (χ0v) is 30.4. The highest BCUT2D eigenvalue weighted by Gasteiger charge is 2.51. The van der Waals surface area contributed by atoms with Crippen molar-refractivity contribution in [3.63, 3.8) is 0 Å². The van der Waals surface area contributed by atoms with Crippen LogP contribution in [0, 0.1) is 23.7 Å². The number of ether oxygens (including phenoxy) is 3. The Bertz CT molecular complexity index is 1650. The first-order valence-corrected chi connectivity index (χ1v) is 19.0. The van der Waals surface area contributed by atoms with E-state index in [0.29, 0.717) is 49.5 Å². The van der Waals surface area contributed by atoms with E-state index in [2.05, 4.69) is 10.6 Å². The SMILES string of the molecule is COC1CCC([C@@H]2CCN(C(=O)C3CCC([C@@H](CF)NC(=O)OC(C)(C)C)CC3)[C@@H]2C(=O)Nc2ccc3c(c2)cc2n3C3(CCC3)OC2=O)CC1. The largest absolute Gasteiger partial charge is 0.444 e. The quantitative estimate of drug-likeness (QED) is 0.293. The third kappa shape index (κ3) is 6.97. The number of fused-ring (bicyclic) bond motifs is 4. The summed E-state index contributed by atoms with van der Waals surface area (Å²) < 4.78 is 32.9. The van der Waals surface area contributed by atoms with Gasteiger partial charge in [0.05, 0.1) is 17.7 Å². The average Bonchev–Trinajstić information content (AvgIpc) is 3.78. The highest BCUT2D eigenvalue weighted by molar-refractivity contribution is 6.02. The van der Waals surface area contributed by atoms with E-state index in [-0.39, 0.29) is 41.6 Å². The van der Waals surface area contributed by atoms with Gasteiger partial charge in [-0.25, -0.2) is 14.0 Å². The van der Waals surface area contributed by atoms with Crippen LogP contribution in [0.3, 0.4) is 0 Å². The number of likely N-dealkylation sites (tertiary alicyclic amines) is 1. The number of rotatable bonds is 8. The van der Waals surface area contributed by atoms with Crippen LogP contribution in [0.15, 0.2) is 24.3 Å². The molecular formula is C39H53FN4O7. The zero-order valence-electron chi connectivity index (χ0n) is 30.4. The second-order valence-corrected chi connectivity index (χ2v) is 16.5. The Morgan fingerprint density at radius 3 is 2.37 bits per heavy atom. The molecule has 1 spiro atoms. The highest BCUT2D eigenvalue weighted by atomic mass is 19.1. The Hall–Kier alpha value is -3.67. The van der Waals surface area contributed by atoms with Gasteiger partial charge >= 0.3 is 12.1 Å². The molecule has 11 nitrogen and oxygen atoms in total. The van der Waals surface area contributed by atoms with Gasteiger partial charge in [-0.15, -0.1) is 0 Å². The molecule has 3 saturated carbocycles. The second-order valence-electron chi connectivity index (χ2n) is 16.5. The first-order chi connectivity index (χ1) is 24.4. The summed E-state index contributed by atoms with van der Waals surface area (Å²) in [6, 6.07) is 6.29. The molecule has 4 fully saturated rings. The number of methoxy groups -OCH3 is 1. The van der Waals surface area contributed by atoms with Gasteiger partial charge < -0.3 is 29.7 Å². The van der Waals surface area contributed by atoms with Gasteiger partial charge in [0.15, 0.2) is 5.72 Å². The van der Waals surface area contributed by atoms with Gasteiger partial charge in [-0.2, -0.15) is 0 Å². The van der Waals surface area contributed by atoms with Crippen LogP contribution in [-0.4, -0.2) is 77.5 Å². The number of alkyl halides is 1. The summed E-state index contributed by atoms with van der Waals surface area (Å²) in [4.78, 5) is 55.5. The van der Waals surface area contributed by atoms with Crippen molar-refractivity contribution in [3.05, 3.63) is 30.0 Å². The molecule has 0 unspecified atom stereocenters. The average molecular weight is 709 g/mol. The molecule has 7 rings (SSSR count). The van der Waals surface area contributed by atoms with Gasteiger partial charge in [-0.3, -0.25) is 14.2 Å². The third-order valence-electron chi connectivity index (χ3n) is 12.3. The number of nitrogens with one attached hydrogen (secondary N) is 2. The maximum Gasteiger partial charge on any atom is 0.407 e. The maximum absolute atomic E-state index is 14.4. The summed E-state index contributed by atoms with van der Waals surface area (Å²) in [5.41, 5.74) is 0.813. The van der Waals surface area contributed by atoms with Crippen molar-refractivity contribution in [2.45, 2.75) is 127 Å². The summed E-state index contributed by atoms with van der Waals surface area (Å²) in [6.45, 7) is 5.12. The van der Waals surface area contributed by atoms with E-state index in [1.807, 2.05) is 33.7 Å². The minimum atomic E-state index is -0.702. The number of benzene rings is 1. The molecule has 2 aliphatic heterocycles. The Balaban J connectivity index is 1.06. The fraction of sp³-hybridized carbons (Fsp3) is 0.692. The first-order valence-electron chi connectivity index (χ1n) is 19.0. The molecule has 1 aromatic heterocycles. The molecule has 5 aliphatic rings. The minimum absolute atomic E-state index is 0.0119. The lowest BCUT2D eigenvalue weighted by Crippen LogP contribution is -2.50. The van der Waals surface area contributed by atoms with Gasteiger partial charge in [0, 0.05) is 43.5 Å². The van der Waals surface area contributed by atoms with Gasteiger partial charge in [0.2, 0.25) is 11.8 Å². The Morgan fingerprint density at radius 1 is 1.02 bits per heavy atom. The van der Waals surface area contributed by atoms with E-state index in [9.17, 15) is 23.6 Å². The van der Waals surface area contributed by atoms with Crippen molar-refractivity contribution in [2.24, 2.45) is 23.7 Å². The lowest BCUT2D eigenvalue weighted by molar-refractivity contribution is -0.142. The van der Waals surface area contributed by atoms with Crippen molar-refractivity contribution in [3.8, 4) is 0 Å². The number of hydrogen-bond acceptors (Lipinski definition) is 7. The van der Waals surface area contributed by atoms with Crippen molar-refractivity contribution >= 4 is 40.5 Å². The Morgan fingerprint density at radius 2 is 1.75 bits per heavy atom. The third-order valence-corrected chi connectivity index (χ3v) is 12.3. The monoisotopic (exact) mass is 708 g/mol. The van der Waals surface area contributed by atoms with Crippen molar-refractivity contribution < 1.29 is 37.8 Å². The fourth-order valence-electron chi connectivity index (χ4n) is 9.56. The van der Waals surface area contributed by atoms with E-state index in [1.54, 1.807) is 27.9 Å². The number of aromatic nitrogens is 1. The van der Waals surface area contributed by atoms with E-state index >= 15 is 0 Å². The van der Waals surface area contributed by atoms with Crippen molar-refractivity contribution in [2.75, 3.05) is 25.6 Å². The predicted octanol–water partition coefficient (Wildman–Crippen LogP) is 6.68. The molecule has 2 aromatic rings. The Kier molecular flexibility index (Phi) is 9.84. The van der Waals surface area contributed by atoms with Crippen LogP contribution in [0.4, 0.5) is 14.9 Å². The molecule has 0 radical (unpaired) electrons. The van der Waals surface area contributed by atoms with Gasteiger partial charge in [0.25, 0.3) is 0 Å². The molecule has 3 atom stereocenters. The number of amides is 3. The standard InChI is InChI=1S/C39H53FN4O7/c1-38(2,3)51-37(48)42-30(22-40)24-6-8-25(9-7-24)35(46)43-19-16-29(23-10-13-28(49-4)14-11-23)33(43)34(45)41-27-12-15-31-26(20-27)21-32-36(47)50-39(44(31)32)17-5-18-39/h12,15,20-21,23-25,28-30,33H,5-11,13-14,16-19,22H2,1-4H3,(H,41,45)(H,42,48)/t23?,24?,25?,28?,29-,30+,33-/m0/s1. The molecule has 0 bridgehead atoms. The van der Waals surface area contributed by atoms with E-state index in [0.717, 1.165) is 62.3 Å². The minimum Gasteiger partial charge on any atom is -0.444 e. The lowest BCUT2D eigenvalue weighted by Gasteiger charge is -2.38. The van der Waals surface area contributed by atoms with Crippen LogP contribution in [0.2, 0.25) is 0 Å². The van der Waals surface area contributed by atoms with Gasteiger partial charge in [-0.05, 0) is 127 Å². The van der Waals surface area contributed by atoms with Crippen LogP contribution >= 0.6 is 0 Å². The topological polar surface area (TPSA) is 128 Å². The summed E-state index contributed by atoms with van der Waals surface area (Å²) in [5, 5.41) is 6.73. The van der Waals surface area contributed by atoms with Crippen LogP contribution in [0.1, 0.15) is 108 Å². The summed E-state index contributed by atoms with van der Waals surface area (Å²) in [6.07, 6.45) is 9.12. The molecule has 2 N–H and O–H groups in total. The first kappa shape index (κ1) is 35.7. The smallest absolute Gasteiger partial charge is 0.407 e. The number of carbonyl (C=O) groups excluding carboxylic acids is 4. The summed E-state index contributed by atoms with van der Waals surface area (Å²) in [7, 11) is 1.75. The normalized spacial score (nSPS) is 29.3. The molecule has 3 amide bonds. The zero-order chi connectivity index (χ0) is 36.1. The Labute approximate surface area is 299 Å². The summed E-state index contributed by atoms with van der Waals surface area (Å²) >= 11 is 0. The predicted molar refractivity (Wildman–Crippen MR) is 189 cm³/mol. The number of esters is 1. The van der Waals surface area contributed by atoms with Crippen LogP contribution < -0.4 is 10.6 Å². The molecular weight excluding hydrogens is 655 g/mol. The molecule has 12 heteroatoms. The number of alkyl carbamates (subject to hydrolysis) is 1. The van der Waals surface area contributed by atoms with E-state index in [1.165, 1.54) is 0 Å². The summed E-state index contributed by atoms with van der Waals surface area (Å²) in [5.74, 6) is -0.523. The maximum atomic E-state index is 14.4. The molecule has 3 heterocycles. The van der Waals surface area contributed by atoms with Crippen LogP contribution in [0.5, 0.6) is 0 Å². The van der Waals surface area contributed by atoms with Crippen LogP contribution in [0.25, 0.3) is 10.9 Å².